The molecule has 8 heteroatoms. The molecule has 2 N–H and O–H groups in total. The van der Waals surface area contributed by atoms with Crippen LogP contribution in [-0.4, -0.2) is 40.6 Å². The number of carbonyl (C=O) groups excluding carboxylic acids is 1. The van der Waals surface area contributed by atoms with Gasteiger partial charge in [0.15, 0.2) is 5.76 Å². The van der Waals surface area contributed by atoms with Crippen LogP contribution < -0.4 is 10.0 Å². The van der Waals surface area contributed by atoms with Gasteiger partial charge in [0.2, 0.25) is 5.09 Å². The lowest BCUT2D eigenvalue weighted by atomic mass is 10.2. The smallest absolute Gasteiger partial charge is 0.287 e. The molecule has 0 spiro atoms. The zero-order valence-corrected chi connectivity index (χ0v) is 11.3. The largest absolute Gasteiger partial charge is 0.438 e. The van der Waals surface area contributed by atoms with Crippen LogP contribution in [0.1, 0.15) is 23.4 Å². The lowest BCUT2D eigenvalue weighted by Crippen LogP contribution is -2.31. The second kappa shape index (κ2) is 5.72. The topological polar surface area (TPSA) is 97.6 Å². The molecule has 1 saturated heterocycles. The van der Waals surface area contributed by atoms with Crippen LogP contribution in [0.15, 0.2) is 21.6 Å². The highest BCUT2D eigenvalue weighted by atomic mass is 32.2. The average molecular weight is 288 g/mol. The van der Waals surface area contributed by atoms with Crippen molar-refractivity contribution in [2.45, 2.75) is 24.0 Å². The molecule has 1 aliphatic rings. The zero-order chi connectivity index (χ0) is 13.9. The monoisotopic (exact) mass is 288 g/mol. The van der Waals surface area contributed by atoms with Gasteiger partial charge in [-0.15, -0.1) is 0 Å². The quantitative estimate of drug-likeness (QED) is 0.800. The fourth-order valence-corrected chi connectivity index (χ4v) is 2.43. The summed E-state index contributed by atoms with van der Waals surface area (Å²) in [6.45, 7) is 1.11. The molecule has 1 amide bonds. The maximum Gasteiger partial charge on any atom is 0.287 e. The molecule has 2 rings (SSSR count). The molecule has 106 valence electrons. The van der Waals surface area contributed by atoms with Crippen LogP contribution in [0.2, 0.25) is 0 Å². The van der Waals surface area contributed by atoms with Gasteiger partial charge in [-0.05, 0) is 32.0 Å². The lowest BCUT2D eigenvalue weighted by molar-refractivity contribution is 0.0831. The van der Waals surface area contributed by atoms with Crippen molar-refractivity contribution >= 4 is 15.9 Å². The van der Waals surface area contributed by atoms with Crippen LogP contribution in [0.4, 0.5) is 0 Å². The number of hydrogen-bond donors (Lipinski definition) is 2. The molecule has 0 saturated carbocycles. The third kappa shape index (κ3) is 3.34. The predicted molar refractivity (Wildman–Crippen MR) is 66.3 cm³/mol. The normalized spacial score (nSPS) is 19.5. The van der Waals surface area contributed by atoms with E-state index >= 15 is 0 Å². The van der Waals surface area contributed by atoms with E-state index in [1.807, 2.05) is 0 Å². The van der Waals surface area contributed by atoms with E-state index < -0.39 is 15.9 Å². The minimum Gasteiger partial charge on any atom is -0.438 e. The number of sulfonamides is 1. The fourth-order valence-electron chi connectivity index (χ4n) is 1.79. The Bertz CT molecular complexity index is 545. The Labute approximate surface area is 111 Å². The van der Waals surface area contributed by atoms with Crippen LogP contribution in [0.3, 0.4) is 0 Å². The van der Waals surface area contributed by atoms with Crippen LogP contribution >= 0.6 is 0 Å². The molecule has 1 aliphatic heterocycles. The summed E-state index contributed by atoms with van der Waals surface area (Å²) >= 11 is 0. The number of ether oxygens (including phenoxy) is 1. The highest BCUT2D eigenvalue weighted by Gasteiger charge is 2.21. The van der Waals surface area contributed by atoms with E-state index in [-0.39, 0.29) is 17.0 Å². The molecule has 1 aromatic rings. The van der Waals surface area contributed by atoms with Gasteiger partial charge in [-0.3, -0.25) is 4.79 Å². The number of furan rings is 1. The number of rotatable bonds is 5. The molecule has 0 bridgehead atoms. The molecule has 19 heavy (non-hydrogen) atoms. The Balaban J connectivity index is 1.96. The summed E-state index contributed by atoms with van der Waals surface area (Å²) in [5.74, 6) is -0.486. The van der Waals surface area contributed by atoms with E-state index in [0.29, 0.717) is 13.2 Å². The van der Waals surface area contributed by atoms with Crippen molar-refractivity contribution < 1.29 is 22.4 Å². The summed E-state index contributed by atoms with van der Waals surface area (Å²) in [6.07, 6.45) is 1.93. The highest BCUT2D eigenvalue weighted by Crippen LogP contribution is 2.14. The molecule has 0 radical (unpaired) electrons. The number of nitrogens with one attached hydrogen (secondary N) is 2. The van der Waals surface area contributed by atoms with E-state index in [4.69, 9.17) is 9.15 Å². The minimum absolute atomic E-state index is 0.0272. The zero-order valence-electron chi connectivity index (χ0n) is 10.5. The maximum atomic E-state index is 11.8. The van der Waals surface area contributed by atoms with Crippen molar-refractivity contribution in [3.8, 4) is 0 Å². The van der Waals surface area contributed by atoms with Crippen molar-refractivity contribution in [1.29, 1.82) is 0 Å². The number of hydrogen-bond acceptors (Lipinski definition) is 5. The first kappa shape index (κ1) is 14.0. The summed E-state index contributed by atoms with van der Waals surface area (Å²) in [5.41, 5.74) is 0. The Morgan fingerprint density at radius 1 is 1.47 bits per heavy atom. The second-order valence-corrected chi connectivity index (χ2v) is 5.99. The van der Waals surface area contributed by atoms with E-state index in [2.05, 4.69) is 10.0 Å². The summed E-state index contributed by atoms with van der Waals surface area (Å²) < 4.78 is 35.4. The molecule has 1 atom stereocenters. The first-order valence-corrected chi connectivity index (χ1v) is 7.44. The van der Waals surface area contributed by atoms with Crippen LogP contribution in [0, 0.1) is 0 Å². The highest BCUT2D eigenvalue weighted by molar-refractivity contribution is 7.89. The first-order valence-electron chi connectivity index (χ1n) is 5.96. The van der Waals surface area contributed by atoms with Crippen molar-refractivity contribution in [3.63, 3.8) is 0 Å². The summed E-state index contributed by atoms with van der Waals surface area (Å²) in [5, 5.41) is 2.37. The van der Waals surface area contributed by atoms with E-state index in [1.165, 1.54) is 19.2 Å². The number of carbonyl (C=O) groups is 1. The van der Waals surface area contributed by atoms with E-state index in [9.17, 15) is 13.2 Å². The second-order valence-electron chi connectivity index (χ2n) is 4.17. The molecule has 1 aromatic heterocycles. The summed E-state index contributed by atoms with van der Waals surface area (Å²) in [4.78, 5) is 11.8. The molecule has 0 unspecified atom stereocenters. The third-order valence-corrected chi connectivity index (χ3v) is 4.14. The molecular formula is C11H16N2O5S. The van der Waals surface area contributed by atoms with Crippen molar-refractivity contribution in [2.24, 2.45) is 0 Å². The molecular weight excluding hydrogens is 272 g/mol. The number of amides is 1. The lowest BCUT2D eigenvalue weighted by Gasteiger charge is -2.09. The Morgan fingerprint density at radius 2 is 2.26 bits per heavy atom. The van der Waals surface area contributed by atoms with Gasteiger partial charge < -0.3 is 14.5 Å². The van der Waals surface area contributed by atoms with Crippen molar-refractivity contribution in [1.82, 2.24) is 10.0 Å². The maximum absolute atomic E-state index is 11.8. The molecule has 2 heterocycles. The first-order chi connectivity index (χ1) is 9.03. The van der Waals surface area contributed by atoms with Crippen LogP contribution in [-0.2, 0) is 14.8 Å². The minimum atomic E-state index is -3.66. The van der Waals surface area contributed by atoms with Crippen LogP contribution in [0.25, 0.3) is 0 Å². The Morgan fingerprint density at radius 3 is 2.89 bits per heavy atom. The average Bonchev–Trinajstić information content (AvgIpc) is 3.07. The standard InChI is InChI=1S/C11H16N2O5S/c1-12-19(15,16)10-5-4-9(18-10)11(14)13-7-8-3-2-6-17-8/h4-5,8,12H,2-3,6-7H2,1H3,(H,13,14)/t8-/m0/s1. The Hall–Kier alpha value is -1.38. The van der Waals surface area contributed by atoms with E-state index in [0.717, 1.165) is 12.8 Å². The Kier molecular flexibility index (Phi) is 4.23. The van der Waals surface area contributed by atoms with Gasteiger partial charge in [-0.2, -0.15) is 0 Å². The third-order valence-electron chi connectivity index (χ3n) is 2.85. The van der Waals surface area contributed by atoms with Gasteiger partial charge in [0.1, 0.15) is 0 Å². The summed E-state index contributed by atoms with van der Waals surface area (Å²) in [7, 11) is -2.39. The van der Waals surface area contributed by atoms with Gasteiger partial charge >= 0.3 is 0 Å². The fraction of sp³-hybridized carbons (Fsp3) is 0.545. The predicted octanol–water partition coefficient (Wildman–Crippen LogP) is 0.0965. The van der Waals surface area contributed by atoms with Gasteiger partial charge in [-0.1, -0.05) is 0 Å². The molecule has 1 fully saturated rings. The molecule has 0 aromatic carbocycles. The van der Waals surface area contributed by atoms with E-state index in [1.54, 1.807) is 0 Å². The van der Waals surface area contributed by atoms with Gasteiger partial charge in [0.25, 0.3) is 15.9 Å². The van der Waals surface area contributed by atoms with Crippen LogP contribution in [0.5, 0.6) is 0 Å². The molecule has 0 aliphatic carbocycles. The van der Waals surface area contributed by atoms with Gasteiger partial charge in [-0.25, -0.2) is 13.1 Å². The van der Waals surface area contributed by atoms with Crippen molar-refractivity contribution in [3.05, 3.63) is 17.9 Å². The van der Waals surface area contributed by atoms with Crippen molar-refractivity contribution in [2.75, 3.05) is 20.2 Å². The van der Waals surface area contributed by atoms with Gasteiger partial charge in [0, 0.05) is 13.2 Å². The SMILES string of the molecule is CNS(=O)(=O)c1ccc(C(=O)NC[C@@H]2CCCO2)o1. The summed E-state index contributed by atoms with van der Waals surface area (Å²) in [6, 6.07) is 2.57. The molecule has 7 nitrogen and oxygen atoms in total. The van der Waals surface area contributed by atoms with Gasteiger partial charge in [0.05, 0.1) is 6.10 Å².